The fraction of sp³-hybridized carbons (Fsp3) is 0.182. The molecule has 0 fully saturated rings. The Balaban J connectivity index is 1.69. The summed E-state index contributed by atoms with van der Waals surface area (Å²) in [5.74, 6) is 1.40. The lowest BCUT2D eigenvalue weighted by atomic mass is 10.5. The molecule has 3 heterocycles. The maximum Gasteiger partial charge on any atom is 0.236 e. The standard InChI is InChI=1S/C11H10N4OS2/c1-15-11(12-7-13-15)18-6-8-5-16-10(14-8)9-3-2-4-17-9/h2-5,7H,6H2,1H3. The minimum Gasteiger partial charge on any atom is -0.444 e. The summed E-state index contributed by atoms with van der Waals surface area (Å²) < 4.78 is 7.19. The van der Waals surface area contributed by atoms with E-state index in [9.17, 15) is 0 Å². The van der Waals surface area contributed by atoms with Crippen molar-refractivity contribution in [3.63, 3.8) is 0 Å². The molecule has 0 spiro atoms. The van der Waals surface area contributed by atoms with Crippen LogP contribution in [0.2, 0.25) is 0 Å². The molecule has 0 unspecified atom stereocenters. The highest BCUT2D eigenvalue weighted by Gasteiger charge is 2.09. The minimum absolute atomic E-state index is 0.679. The van der Waals surface area contributed by atoms with Gasteiger partial charge in [0.05, 0.1) is 10.6 Å². The zero-order valence-electron chi connectivity index (χ0n) is 9.61. The first-order valence-corrected chi connectivity index (χ1v) is 7.14. The average molecular weight is 278 g/mol. The third-order valence-corrected chi connectivity index (χ3v) is 4.23. The number of oxazole rings is 1. The van der Waals surface area contributed by atoms with Crippen LogP contribution in [0.3, 0.4) is 0 Å². The van der Waals surface area contributed by atoms with E-state index in [1.807, 2.05) is 24.6 Å². The normalized spacial score (nSPS) is 10.9. The molecule has 7 heteroatoms. The Morgan fingerprint density at radius 1 is 1.50 bits per heavy atom. The van der Waals surface area contributed by atoms with E-state index in [1.54, 1.807) is 40.4 Å². The van der Waals surface area contributed by atoms with E-state index in [2.05, 4.69) is 15.1 Å². The summed E-state index contributed by atoms with van der Waals surface area (Å²) in [5, 5.41) is 6.90. The Labute approximate surface area is 112 Å². The van der Waals surface area contributed by atoms with Gasteiger partial charge in [-0.25, -0.2) is 14.6 Å². The molecule has 0 radical (unpaired) electrons. The SMILES string of the molecule is Cn1ncnc1SCc1coc(-c2cccs2)n1. The lowest BCUT2D eigenvalue weighted by Crippen LogP contribution is -1.93. The highest BCUT2D eigenvalue weighted by atomic mass is 32.2. The summed E-state index contributed by atoms with van der Waals surface area (Å²) in [6.45, 7) is 0. The Morgan fingerprint density at radius 3 is 3.17 bits per heavy atom. The van der Waals surface area contributed by atoms with Gasteiger partial charge >= 0.3 is 0 Å². The van der Waals surface area contributed by atoms with Crippen LogP contribution in [0.25, 0.3) is 10.8 Å². The van der Waals surface area contributed by atoms with Gasteiger partial charge in [-0.3, -0.25) is 0 Å². The summed E-state index contributed by atoms with van der Waals surface area (Å²) in [4.78, 5) is 9.64. The molecule has 0 aromatic carbocycles. The van der Waals surface area contributed by atoms with Crippen LogP contribution >= 0.6 is 23.1 Å². The predicted molar refractivity (Wildman–Crippen MR) is 70.4 cm³/mol. The van der Waals surface area contributed by atoms with Crippen molar-refractivity contribution in [2.24, 2.45) is 7.05 Å². The predicted octanol–water partition coefficient (Wildman–Crippen LogP) is 2.82. The summed E-state index contributed by atoms with van der Waals surface area (Å²) in [6.07, 6.45) is 3.24. The lowest BCUT2D eigenvalue weighted by Gasteiger charge is -1.96. The van der Waals surface area contributed by atoms with Gasteiger partial charge in [0.2, 0.25) is 5.89 Å². The van der Waals surface area contributed by atoms with Crippen molar-refractivity contribution in [1.29, 1.82) is 0 Å². The molecule has 0 atom stereocenters. The lowest BCUT2D eigenvalue weighted by molar-refractivity contribution is 0.575. The van der Waals surface area contributed by atoms with E-state index in [0.29, 0.717) is 5.89 Å². The van der Waals surface area contributed by atoms with Crippen LogP contribution in [0.5, 0.6) is 0 Å². The summed E-state index contributed by atoms with van der Waals surface area (Å²) >= 11 is 3.21. The van der Waals surface area contributed by atoms with Crippen LogP contribution in [0.15, 0.2) is 39.7 Å². The van der Waals surface area contributed by atoms with E-state index in [-0.39, 0.29) is 0 Å². The van der Waals surface area contributed by atoms with Gasteiger partial charge in [0.25, 0.3) is 0 Å². The smallest absolute Gasteiger partial charge is 0.236 e. The number of aromatic nitrogens is 4. The Bertz CT molecular complexity index is 629. The van der Waals surface area contributed by atoms with Crippen LogP contribution in [0.4, 0.5) is 0 Å². The van der Waals surface area contributed by atoms with Gasteiger partial charge < -0.3 is 4.42 Å². The van der Waals surface area contributed by atoms with Crippen molar-refractivity contribution in [2.45, 2.75) is 10.9 Å². The number of thioether (sulfide) groups is 1. The Hall–Kier alpha value is -1.60. The van der Waals surface area contributed by atoms with E-state index >= 15 is 0 Å². The number of nitrogens with zero attached hydrogens (tertiary/aromatic N) is 4. The van der Waals surface area contributed by atoms with Gasteiger partial charge in [-0.05, 0) is 11.4 Å². The summed E-state index contributed by atoms with van der Waals surface area (Å²) in [5.41, 5.74) is 0.909. The number of thiophene rings is 1. The highest BCUT2D eigenvalue weighted by Crippen LogP contribution is 2.26. The fourth-order valence-electron chi connectivity index (χ4n) is 1.44. The van der Waals surface area contributed by atoms with Crippen LogP contribution in [-0.2, 0) is 12.8 Å². The number of rotatable bonds is 4. The molecular formula is C11H10N4OS2. The molecule has 0 N–H and O–H groups in total. The first kappa shape index (κ1) is 11.5. The first-order valence-electron chi connectivity index (χ1n) is 5.28. The molecule has 3 rings (SSSR count). The summed E-state index contributed by atoms with van der Waals surface area (Å²) in [7, 11) is 1.87. The van der Waals surface area contributed by atoms with Crippen molar-refractivity contribution in [3.8, 4) is 10.8 Å². The first-order chi connectivity index (χ1) is 8.83. The van der Waals surface area contributed by atoms with E-state index in [0.717, 1.165) is 21.5 Å². The number of hydrogen-bond donors (Lipinski definition) is 0. The minimum atomic E-state index is 0.679. The van der Waals surface area contributed by atoms with E-state index < -0.39 is 0 Å². The zero-order valence-corrected chi connectivity index (χ0v) is 11.2. The highest BCUT2D eigenvalue weighted by molar-refractivity contribution is 7.98. The Kier molecular flexibility index (Phi) is 3.16. The molecular weight excluding hydrogens is 268 g/mol. The third-order valence-electron chi connectivity index (χ3n) is 2.30. The maximum atomic E-state index is 5.45. The fourth-order valence-corrected chi connectivity index (χ4v) is 2.86. The van der Waals surface area contributed by atoms with Crippen LogP contribution < -0.4 is 0 Å². The molecule has 18 heavy (non-hydrogen) atoms. The van der Waals surface area contributed by atoms with Gasteiger partial charge in [0.1, 0.15) is 12.6 Å². The molecule has 0 saturated heterocycles. The van der Waals surface area contributed by atoms with Crippen molar-refractivity contribution in [1.82, 2.24) is 19.7 Å². The molecule has 3 aromatic rings. The van der Waals surface area contributed by atoms with Gasteiger partial charge in [-0.2, -0.15) is 5.10 Å². The monoisotopic (exact) mass is 278 g/mol. The summed E-state index contributed by atoms with van der Waals surface area (Å²) in [6, 6.07) is 3.98. The molecule has 0 aliphatic rings. The second-order valence-corrected chi connectivity index (χ2v) is 5.47. The van der Waals surface area contributed by atoms with Crippen LogP contribution in [0, 0.1) is 0 Å². The second-order valence-electron chi connectivity index (χ2n) is 3.58. The van der Waals surface area contributed by atoms with E-state index in [1.165, 1.54) is 0 Å². The average Bonchev–Trinajstić information content (AvgIpc) is 3.08. The topological polar surface area (TPSA) is 56.7 Å². The van der Waals surface area contributed by atoms with Crippen molar-refractivity contribution >= 4 is 23.1 Å². The zero-order chi connectivity index (χ0) is 12.4. The van der Waals surface area contributed by atoms with Crippen molar-refractivity contribution in [3.05, 3.63) is 35.8 Å². The second kappa shape index (κ2) is 4.95. The molecule has 0 saturated carbocycles. The van der Waals surface area contributed by atoms with E-state index in [4.69, 9.17) is 4.42 Å². The van der Waals surface area contributed by atoms with Crippen molar-refractivity contribution < 1.29 is 4.42 Å². The largest absolute Gasteiger partial charge is 0.444 e. The maximum absolute atomic E-state index is 5.45. The molecule has 0 aliphatic heterocycles. The molecule has 0 amide bonds. The van der Waals surface area contributed by atoms with Crippen LogP contribution in [0.1, 0.15) is 5.69 Å². The van der Waals surface area contributed by atoms with Crippen molar-refractivity contribution in [2.75, 3.05) is 0 Å². The molecule has 0 bridgehead atoms. The quantitative estimate of drug-likeness (QED) is 0.687. The molecule has 0 aliphatic carbocycles. The Morgan fingerprint density at radius 2 is 2.44 bits per heavy atom. The van der Waals surface area contributed by atoms with Gasteiger partial charge in [0, 0.05) is 12.8 Å². The molecule has 3 aromatic heterocycles. The third kappa shape index (κ3) is 2.32. The molecule has 5 nitrogen and oxygen atoms in total. The number of aryl methyl sites for hydroxylation is 1. The molecule has 92 valence electrons. The van der Waals surface area contributed by atoms with Gasteiger partial charge in [-0.15, -0.1) is 11.3 Å². The number of hydrogen-bond acceptors (Lipinski definition) is 6. The van der Waals surface area contributed by atoms with Gasteiger partial charge in [0.15, 0.2) is 5.16 Å². The van der Waals surface area contributed by atoms with Crippen LogP contribution in [-0.4, -0.2) is 19.7 Å². The van der Waals surface area contributed by atoms with Gasteiger partial charge in [-0.1, -0.05) is 17.8 Å².